The molecule has 0 aliphatic rings. The van der Waals surface area contributed by atoms with Gasteiger partial charge in [0.1, 0.15) is 17.3 Å². The van der Waals surface area contributed by atoms with Gasteiger partial charge >= 0.3 is 0 Å². The number of amides is 1. The number of halogens is 2. The molecule has 0 unspecified atom stereocenters. The second-order valence-electron chi connectivity index (χ2n) is 5.45. The topological polar surface area (TPSA) is 37.6 Å². The maximum absolute atomic E-state index is 13.6. The lowest BCUT2D eigenvalue weighted by Crippen LogP contribution is -2.24. The van der Waals surface area contributed by atoms with Crippen molar-refractivity contribution in [3.63, 3.8) is 0 Å². The predicted molar refractivity (Wildman–Crippen MR) is 82.9 cm³/mol. The summed E-state index contributed by atoms with van der Waals surface area (Å²) < 4.78 is 28.3. The van der Waals surface area contributed by atoms with Crippen molar-refractivity contribution in [1.29, 1.82) is 0 Å². The molecule has 3 rings (SSSR count). The summed E-state index contributed by atoms with van der Waals surface area (Å²) in [6.07, 6.45) is 1.37. The average Bonchev–Trinajstić information content (AvgIpc) is 2.86. The number of carbonyl (C=O) groups excluding carboxylic acids is 1. The number of hydrogen-bond donors (Lipinski definition) is 0. The van der Waals surface area contributed by atoms with Gasteiger partial charge in [-0.25, -0.2) is 13.8 Å². The van der Waals surface area contributed by atoms with Gasteiger partial charge in [0.15, 0.2) is 0 Å². The molecule has 0 bridgehead atoms. The van der Waals surface area contributed by atoms with Crippen molar-refractivity contribution in [3.05, 3.63) is 59.9 Å². The highest BCUT2D eigenvalue weighted by Crippen LogP contribution is 2.26. The lowest BCUT2D eigenvalue weighted by atomic mass is 10.1. The van der Waals surface area contributed by atoms with E-state index in [0.717, 1.165) is 0 Å². The van der Waals surface area contributed by atoms with E-state index in [-0.39, 0.29) is 18.1 Å². The van der Waals surface area contributed by atoms with Crippen LogP contribution in [0.3, 0.4) is 0 Å². The zero-order valence-corrected chi connectivity index (χ0v) is 12.8. The van der Waals surface area contributed by atoms with Gasteiger partial charge in [0.2, 0.25) is 5.91 Å². The van der Waals surface area contributed by atoms with Crippen LogP contribution in [0, 0.1) is 11.6 Å². The first-order chi connectivity index (χ1) is 11.0. The van der Waals surface area contributed by atoms with Crippen molar-refractivity contribution >= 4 is 11.6 Å². The van der Waals surface area contributed by atoms with Crippen LogP contribution in [0.25, 0.3) is 16.9 Å². The minimum atomic E-state index is -0.417. The van der Waals surface area contributed by atoms with Crippen LogP contribution in [0.4, 0.5) is 8.78 Å². The summed E-state index contributed by atoms with van der Waals surface area (Å²) in [5.41, 5.74) is 2.33. The molecule has 0 spiro atoms. The molecule has 23 heavy (non-hydrogen) atoms. The summed E-state index contributed by atoms with van der Waals surface area (Å²) in [4.78, 5) is 18.0. The van der Waals surface area contributed by atoms with E-state index in [0.29, 0.717) is 22.6 Å². The van der Waals surface area contributed by atoms with Gasteiger partial charge in [-0.1, -0.05) is 0 Å². The minimum absolute atomic E-state index is 0.0737. The monoisotopic (exact) mass is 315 g/mol. The molecule has 1 amide bonds. The molecule has 0 aliphatic carbocycles. The maximum atomic E-state index is 13.6. The van der Waals surface area contributed by atoms with Crippen LogP contribution in [0.15, 0.2) is 42.6 Å². The van der Waals surface area contributed by atoms with E-state index in [4.69, 9.17) is 0 Å². The van der Waals surface area contributed by atoms with Crippen molar-refractivity contribution in [2.75, 3.05) is 14.1 Å². The zero-order valence-electron chi connectivity index (χ0n) is 12.8. The van der Waals surface area contributed by atoms with E-state index in [1.54, 1.807) is 36.7 Å². The van der Waals surface area contributed by atoms with Crippen molar-refractivity contribution < 1.29 is 13.6 Å². The van der Waals surface area contributed by atoms with Gasteiger partial charge in [-0.3, -0.25) is 9.20 Å². The zero-order chi connectivity index (χ0) is 16.6. The Hall–Kier alpha value is -2.76. The largest absolute Gasteiger partial charge is 0.348 e. The fourth-order valence-electron chi connectivity index (χ4n) is 2.38. The van der Waals surface area contributed by atoms with Crippen molar-refractivity contribution in [2.45, 2.75) is 6.42 Å². The Kier molecular flexibility index (Phi) is 3.82. The number of nitrogens with zero attached hydrogens (tertiary/aromatic N) is 3. The van der Waals surface area contributed by atoms with E-state index in [2.05, 4.69) is 4.98 Å². The number of fused-ring (bicyclic) bond motifs is 1. The van der Waals surface area contributed by atoms with Crippen molar-refractivity contribution in [1.82, 2.24) is 14.3 Å². The highest BCUT2D eigenvalue weighted by Gasteiger charge is 2.18. The predicted octanol–water partition coefficient (Wildman–Crippen LogP) is 2.91. The third-order valence-electron chi connectivity index (χ3n) is 3.62. The second kappa shape index (κ2) is 5.79. The molecular weight excluding hydrogens is 300 g/mol. The van der Waals surface area contributed by atoms with Gasteiger partial charge in [-0.05, 0) is 36.4 Å². The van der Waals surface area contributed by atoms with Crippen molar-refractivity contribution in [3.8, 4) is 11.3 Å². The minimum Gasteiger partial charge on any atom is -0.348 e. The van der Waals surface area contributed by atoms with E-state index < -0.39 is 5.82 Å². The Morgan fingerprint density at radius 1 is 1.09 bits per heavy atom. The molecule has 0 atom stereocenters. The molecule has 0 N–H and O–H groups in total. The number of likely N-dealkylation sites (N-methyl/N-ethyl adjacent to an activating group) is 1. The summed E-state index contributed by atoms with van der Waals surface area (Å²) >= 11 is 0. The summed E-state index contributed by atoms with van der Waals surface area (Å²) in [5, 5.41) is 0. The fraction of sp³-hybridized carbons (Fsp3) is 0.176. The van der Waals surface area contributed by atoms with Gasteiger partial charge in [0.25, 0.3) is 0 Å². The number of aromatic nitrogens is 2. The van der Waals surface area contributed by atoms with Crippen molar-refractivity contribution in [2.24, 2.45) is 0 Å². The van der Waals surface area contributed by atoms with E-state index in [9.17, 15) is 13.6 Å². The molecule has 0 saturated carbocycles. The molecule has 6 heteroatoms. The molecule has 1 aromatic carbocycles. The Bertz CT molecular complexity index is 869. The Labute approximate surface area is 132 Å². The number of pyridine rings is 1. The highest BCUT2D eigenvalue weighted by molar-refractivity contribution is 5.81. The third-order valence-corrected chi connectivity index (χ3v) is 3.62. The van der Waals surface area contributed by atoms with Crippen LogP contribution in [0.5, 0.6) is 0 Å². The first-order valence-corrected chi connectivity index (χ1v) is 7.08. The number of imidazole rings is 1. The molecule has 2 aromatic heterocycles. The van der Waals surface area contributed by atoms with Crippen LogP contribution >= 0.6 is 0 Å². The molecule has 0 saturated heterocycles. The van der Waals surface area contributed by atoms with Gasteiger partial charge in [-0.15, -0.1) is 0 Å². The molecule has 118 valence electrons. The summed E-state index contributed by atoms with van der Waals surface area (Å²) in [6, 6.07) is 8.71. The Morgan fingerprint density at radius 2 is 1.74 bits per heavy atom. The Balaban J connectivity index is 2.19. The molecular formula is C17H15F2N3O. The molecule has 0 fully saturated rings. The number of benzene rings is 1. The van der Waals surface area contributed by atoms with Crippen LogP contribution in [-0.4, -0.2) is 34.3 Å². The van der Waals surface area contributed by atoms with Gasteiger partial charge in [-0.2, -0.15) is 0 Å². The number of rotatable bonds is 3. The summed E-state index contributed by atoms with van der Waals surface area (Å²) in [6.45, 7) is 0. The lowest BCUT2D eigenvalue weighted by molar-refractivity contribution is -0.128. The summed E-state index contributed by atoms with van der Waals surface area (Å²) in [5.74, 6) is -0.895. The second-order valence-corrected chi connectivity index (χ2v) is 5.45. The van der Waals surface area contributed by atoms with E-state index >= 15 is 0 Å². The average molecular weight is 315 g/mol. The van der Waals surface area contributed by atoms with Crippen LogP contribution in [0.1, 0.15) is 5.69 Å². The van der Waals surface area contributed by atoms with E-state index in [1.165, 1.54) is 29.3 Å². The normalized spacial score (nSPS) is 11.0. The molecule has 4 nitrogen and oxygen atoms in total. The lowest BCUT2D eigenvalue weighted by Gasteiger charge is -2.11. The summed E-state index contributed by atoms with van der Waals surface area (Å²) in [7, 11) is 3.31. The Morgan fingerprint density at radius 3 is 2.39 bits per heavy atom. The van der Waals surface area contributed by atoms with Gasteiger partial charge in [0, 0.05) is 25.9 Å². The smallest absolute Gasteiger partial charge is 0.228 e. The quantitative estimate of drug-likeness (QED) is 0.745. The third kappa shape index (κ3) is 2.92. The number of hydrogen-bond acceptors (Lipinski definition) is 2. The number of carbonyl (C=O) groups is 1. The molecule has 3 aromatic rings. The van der Waals surface area contributed by atoms with Crippen LogP contribution < -0.4 is 0 Å². The van der Waals surface area contributed by atoms with E-state index in [1.807, 2.05) is 0 Å². The molecule has 0 aliphatic heterocycles. The van der Waals surface area contributed by atoms with Crippen LogP contribution in [0.2, 0.25) is 0 Å². The fourth-order valence-corrected chi connectivity index (χ4v) is 2.38. The molecule has 0 radical (unpaired) electrons. The van der Waals surface area contributed by atoms with Gasteiger partial charge < -0.3 is 4.90 Å². The van der Waals surface area contributed by atoms with Crippen LogP contribution in [-0.2, 0) is 11.2 Å². The SMILES string of the molecule is CN(C)C(=O)Cc1c(-c2ccc(F)cc2)nc2ccc(F)cn12. The van der Waals surface area contributed by atoms with Gasteiger partial charge in [0.05, 0.1) is 17.8 Å². The first kappa shape index (κ1) is 15.1. The highest BCUT2D eigenvalue weighted by atomic mass is 19.1. The first-order valence-electron chi connectivity index (χ1n) is 7.08. The standard InChI is InChI=1S/C17H15F2N3O/c1-21(2)16(23)9-14-17(11-3-5-12(18)6-4-11)20-15-8-7-13(19)10-22(14)15/h3-8,10H,9H2,1-2H3. The maximum Gasteiger partial charge on any atom is 0.228 e. The molecule has 2 heterocycles.